The first-order chi connectivity index (χ1) is 18.8. The SMILES string of the molecule is COc1ccc(S(=O)(=O)N(CC(=O)N(Cc2ccccc2F)[C@@H](C)C(=O)NC(C)C)c2ccc(C)cc2)cc1Br. The number of halogens is 2. The Morgan fingerprint density at radius 1 is 1.02 bits per heavy atom. The Kier molecular flexibility index (Phi) is 10.3. The molecule has 0 spiro atoms. The molecule has 0 heterocycles. The fourth-order valence-electron chi connectivity index (χ4n) is 3.97. The van der Waals surface area contributed by atoms with Crippen LogP contribution in [-0.2, 0) is 26.2 Å². The Balaban J connectivity index is 2.06. The number of ether oxygens (including phenoxy) is 1. The van der Waals surface area contributed by atoms with Gasteiger partial charge < -0.3 is 15.0 Å². The normalized spacial score (nSPS) is 12.1. The quantitative estimate of drug-likeness (QED) is 0.319. The molecule has 8 nitrogen and oxygen atoms in total. The van der Waals surface area contributed by atoms with Crippen LogP contribution in [0.4, 0.5) is 10.1 Å². The minimum Gasteiger partial charge on any atom is -0.496 e. The number of carbonyl (C=O) groups excluding carboxylic acids is 2. The van der Waals surface area contributed by atoms with Gasteiger partial charge in [-0.1, -0.05) is 35.9 Å². The highest BCUT2D eigenvalue weighted by atomic mass is 79.9. The Bertz CT molecular complexity index is 1460. The number of amides is 2. The van der Waals surface area contributed by atoms with Gasteiger partial charge in [-0.05, 0) is 80.0 Å². The van der Waals surface area contributed by atoms with Gasteiger partial charge in [0.25, 0.3) is 10.0 Å². The molecule has 0 unspecified atom stereocenters. The predicted molar refractivity (Wildman–Crippen MR) is 156 cm³/mol. The molecule has 3 aromatic carbocycles. The average molecular weight is 635 g/mol. The number of nitrogens with one attached hydrogen (secondary N) is 1. The molecule has 40 heavy (non-hydrogen) atoms. The minimum atomic E-state index is -4.26. The molecule has 3 rings (SSSR count). The van der Waals surface area contributed by atoms with Crippen molar-refractivity contribution < 1.29 is 27.1 Å². The summed E-state index contributed by atoms with van der Waals surface area (Å²) in [4.78, 5) is 27.9. The molecule has 214 valence electrons. The molecule has 0 aliphatic heterocycles. The van der Waals surface area contributed by atoms with Gasteiger partial charge >= 0.3 is 0 Å². The Morgan fingerprint density at radius 3 is 2.25 bits per heavy atom. The van der Waals surface area contributed by atoms with Crippen molar-refractivity contribution in [2.24, 2.45) is 0 Å². The van der Waals surface area contributed by atoms with Crippen LogP contribution >= 0.6 is 15.9 Å². The molecule has 2 amide bonds. The lowest BCUT2D eigenvalue weighted by Gasteiger charge is -2.32. The number of nitrogens with zero attached hydrogens (tertiary/aromatic N) is 2. The molecule has 0 saturated heterocycles. The molecule has 0 aromatic heterocycles. The topological polar surface area (TPSA) is 96.0 Å². The molecular formula is C29H33BrFN3O5S. The number of hydrogen-bond acceptors (Lipinski definition) is 5. The summed E-state index contributed by atoms with van der Waals surface area (Å²) in [6.07, 6.45) is 0. The maximum Gasteiger partial charge on any atom is 0.264 e. The molecule has 0 bridgehead atoms. The van der Waals surface area contributed by atoms with E-state index >= 15 is 0 Å². The van der Waals surface area contributed by atoms with E-state index in [4.69, 9.17) is 4.74 Å². The van der Waals surface area contributed by atoms with E-state index in [2.05, 4.69) is 21.2 Å². The van der Waals surface area contributed by atoms with E-state index in [-0.39, 0.29) is 28.7 Å². The molecule has 11 heteroatoms. The number of rotatable bonds is 11. The maximum atomic E-state index is 14.6. The van der Waals surface area contributed by atoms with Gasteiger partial charge in [-0.3, -0.25) is 13.9 Å². The number of methoxy groups -OCH3 is 1. The molecule has 0 saturated carbocycles. The van der Waals surface area contributed by atoms with Gasteiger partial charge in [0.2, 0.25) is 11.8 Å². The largest absolute Gasteiger partial charge is 0.496 e. The van der Waals surface area contributed by atoms with E-state index in [1.165, 1.54) is 55.3 Å². The van der Waals surface area contributed by atoms with Crippen molar-refractivity contribution in [2.75, 3.05) is 18.0 Å². The fourth-order valence-corrected chi connectivity index (χ4v) is 6.11. The van der Waals surface area contributed by atoms with E-state index in [1.807, 2.05) is 6.92 Å². The van der Waals surface area contributed by atoms with Crippen LogP contribution in [0.1, 0.15) is 31.9 Å². The highest BCUT2D eigenvalue weighted by molar-refractivity contribution is 9.10. The van der Waals surface area contributed by atoms with Crippen LogP contribution in [0, 0.1) is 12.7 Å². The van der Waals surface area contributed by atoms with E-state index < -0.39 is 40.2 Å². The third-order valence-electron chi connectivity index (χ3n) is 6.21. The Hall–Kier alpha value is -3.44. The van der Waals surface area contributed by atoms with Crippen molar-refractivity contribution in [2.45, 2.75) is 51.2 Å². The summed E-state index contributed by atoms with van der Waals surface area (Å²) >= 11 is 3.32. The van der Waals surface area contributed by atoms with Crippen LogP contribution in [0.25, 0.3) is 0 Å². The van der Waals surface area contributed by atoms with Crippen molar-refractivity contribution in [1.82, 2.24) is 10.2 Å². The van der Waals surface area contributed by atoms with Crippen LogP contribution in [0.15, 0.2) is 76.1 Å². The smallest absolute Gasteiger partial charge is 0.264 e. The van der Waals surface area contributed by atoms with Gasteiger partial charge in [0.1, 0.15) is 24.2 Å². The highest BCUT2D eigenvalue weighted by Crippen LogP contribution is 2.31. The molecule has 0 radical (unpaired) electrons. The minimum absolute atomic E-state index is 0.0696. The lowest BCUT2D eigenvalue weighted by Crippen LogP contribution is -2.52. The zero-order valence-corrected chi connectivity index (χ0v) is 25.4. The van der Waals surface area contributed by atoms with Gasteiger partial charge in [0.05, 0.1) is 22.2 Å². The van der Waals surface area contributed by atoms with Gasteiger partial charge in [-0.25, -0.2) is 12.8 Å². The van der Waals surface area contributed by atoms with E-state index in [0.29, 0.717) is 10.2 Å². The van der Waals surface area contributed by atoms with Gasteiger partial charge in [0, 0.05) is 18.2 Å². The second kappa shape index (κ2) is 13.3. The van der Waals surface area contributed by atoms with Crippen molar-refractivity contribution in [3.63, 3.8) is 0 Å². The van der Waals surface area contributed by atoms with Crippen LogP contribution in [-0.4, -0.2) is 50.9 Å². The molecular weight excluding hydrogens is 601 g/mol. The molecule has 0 fully saturated rings. The zero-order chi connectivity index (χ0) is 29.6. The van der Waals surface area contributed by atoms with E-state index in [9.17, 15) is 22.4 Å². The second-order valence-corrected chi connectivity index (χ2v) is 12.3. The summed E-state index contributed by atoms with van der Waals surface area (Å²) in [5.41, 5.74) is 1.36. The number of anilines is 1. The van der Waals surface area contributed by atoms with E-state index in [0.717, 1.165) is 9.87 Å². The van der Waals surface area contributed by atoms with Crippen LogP contribution in [0.3, 0.4) is 0 Å². The number of sulfonamides is 1. The molecule has 3 aromatic rings. The maximum absolute atomic E-state index is 14.6. The summed E-state index contributed by atoms with van der Waals surface area (Å²) in [7, 11) is -2.80. The lowest BCUT2D eigenvalue weighted by atomic mass is 10.1. The standard InChI is InChI=1S/C29H33BrFN3O5S/c1-19(2)32-29(36)21(4)33(17-22-8-6-7-9-26(22)31)28(35)18-34(23-12-10-20(3)11-13-23)40(37,38)24-14-15-27(39-5)25(30)16-24/h6-16,19,21H,17-18H2,1-5H3,(H,32,36)/t21-/m0/s1. The Morgan fingerprint density at radius 2 is 1.68 bits per heavy atom. The summed E-state index contributed by atoms with van der Waals surface area (Å²) in [5, 5.41) is 2.77. The predicted octanol–water partition coefficient (Wildman–Crippen LogP) is 5.04. The fraction of sp³-hybridized carbons (Fsp3) is 0.310. The van der Waals surface area contributed by atoms with Gasteiger partial charge in [-0.2, -0.15) is 0 Å². The number of benzene rings is 3. The molecule has 0 aliphatic carbocycles. The summed E-state index contributed by atoms with van der Waals surface area (Å²) in [6.45, 7) is 6.11. The third-order valence-corrected chi connectivity index (χ3v) is 8.60. The van der Waals surface area contributed by atoms with E-state index in [1.54, 1.807) is 44.2 Å². The van der Waals surface area contributed by atoms with Crippen molar-refractivity contribution >= 4 is 43.5 Å². The number of aryl methyl sites for hydroxylation is 1. The molecule has 1 atom stereocenters. The summed E-state index contributed by atoms with van der Waals surface area (Å²) in [5.74, 6) is -1.21. The number of hydrogen-bond donors (Lipinski definition) is 1. The summed E-state index contributed by atoms with van der Waals surface area (Å²) < 4.78 is 49.1. The lowest BCUT2D eigenvalue weighted by molar-refractivity contribution is -0.139. The Labute approximate surface area is 243 Å². The van der Waals surface area contributed by atoms with Crippen LogP contribution < -0.4 is 14.4 Å². The van der Waals surface area contributed by atoms with Crippen LogP contribution in [0.2, 0.25) is 0 Å². The van der Waals surface area contributed by atoms with Crippen molar-refractivity contribution in [3.8, 4) is 5.75 Å². The second-order valence-electron chi connectivity index (χ2n) is 9.60. The van der Waals surface area contributed by atoms with Crippen molar-refractivity contribution in [1.29, 1.82) is 0 Å². The molecule has 1 N–H and O–H groups in total. The van der Waals surface area contributed by atoms with Crippen LogP contribution in [0.5, 0.6) is 5.75 Å². The van der Waals surface area contributed by atoms with Gasteiger partial charge in [-0.15, -0.1) is 0 Å². The van der Waals surface area contributed by atoms with Gasteiger partial charge in [0.15, 0.2) is 0 Å². The first kappa shape index (κ1) is 31.1. The zero-order valence-electron chi connectivity index (χ0n) is 23.0. The monoisotopic (exact) mass is 633 g/mol. The first-order valence-electron chi connectivity index (χ1n) is 12.6. The number of carbonyl (C=O) groups is 2. The van der Waals surface area contributed by atoms with Crippen molar-refractivity contribution in [3.05, 3.63) is 88.1 Å². The average Bonchev–Trinajstić information content (AvgIpc) is 2.90. The first-order valence-corrected chi connectivity index (χ1v) is 14.8. The summed E-state index contributed by atoms with van der Waals surface area (Å²) in [6, 6.07) is 15.7. The third kappa shape index (κ3) is 7.39. The highest BCUT2D eigenvalue weighted by Gasteiger charge is 2.33. The molecule has 0 aliphatic rings.